The Labute approximate surface area is 134 Å². The molecule has 1 aliphatic carbocycles. The molecule has 23 heavy (non-hydrogen) atoms. The summed E-state index contributed by atoms with van der Waals surface area (Å²) in [6.45, 7) is 0. The second-order valence-electron chi connectivity index (χ2n) is 5.66. The summed E-state index contributed by atoms with van der Waals surface area (Å²) in [5, 5.41) is 11.0. The van der Waals surface area contributed by atoms with Crippen LogP contribution in [-0.2, 0) is 10.0 Å². The molecule has 1 aliphatic rings. The standard InChI is InChI=1S/C14H19FN2O5S/c1-16(23(2,20)21)11-5-3-4-6-13(11)22-14-9-10(15)7-8-12(14)17(18)19/h7-9,11,13H,3-6H2,1-2H3. The van der Waals surface area contributed by atoms with Gasteiger partial charge in [0.2, 0.25) is 10.0 Å². The van der Waals surface area contributed by atoms with E-state index in [-0.39, 0.29) is 11.4 Å². The van der Waals surface area contributed by atoms with E-state index in [0.717, 1.165) is 37.3 Å². The van der Waals surface area contributed by atoms with E-state index in [0.29, 0.717) is 12.8 Å². The number of ether oxygens (including phenoxy) is 1. The minimum atomic E-state index is -3.42. The van der Waals surface area contributed by atoms with Gasteiger partial charge in [0.25, 0.3) is 0 Å². The molecule has 0 saturated heterocycles. The van der Waals surface area contributed by atoms with Crippen molar-refractivity contribution < 1.29 is 22.5 Å². The molecular weight excluding hydrogens is 327 g/mol. The number of sulfonamides is 1. The van der Waals surface area contributed by atoms with Gasteiger partial charge in [-0.25, -0.2) is 12.8 Å². The molecule has 0 amide bonds. The summed E-state index contributed by atoms with van der Waals surface area (Å²) in [6.07, 6.45) is 3.36. The summed E-state index contributed by atoms with van der Waals surface area (Å²) in [5.41, 5.74) is -0.335. The summed E-state index contributed by atoms with van der Waals surface area (Å²) < 4.78 is 43.8. The highest BCUT2D eigenvalue weighted by atomic mass is 32.2. The molecule has 2 atom stereocenters. The molecule has 1 aromatic rings. The van der Waals surface area contributed by atoms with E-state index in [9.17, 15) is 22.9 Å². The lowest BCUT2D eigenvalue weighted by Gasteiger charge is -2.36. The molecule has 0 bridgehead atoms. The molecule has 128 valence electrons. The number of nitro groups is 1. The zero-order chi connectivity index (χ0) is 17.2. The lowest BCUT2D eigenvalue weighted by atomic mass is 9.92. The first-order chi connectivity index (χ1) is 10.7. The van der Waals surface area contributed by atoms with Crippen molar-refractivity contribution in [3.63, 3.8) is 0 Å². The zero-order valence-electron chi connectivity index (χ0n) is 12.9. The van der Waals surface area contributed by atoms with Crippen LogP contribution in [0.2, 0.25) is 0 Å². The van der Waals surface area contributed by atoms with Gasteiger partial charge < -0.3 is 4.74 Å². The number of halogens is 1. The van der Waals surface area contributed by atoms with Crippen molar-refractivity contribution in [1.82, 2.24) is 4.31 Å². The minimum Gasteiger partial charge on any atom is -0.482 e. The van der Waals surface area contributed by atoms with E-state index in [1.807, 2.05) is 0 Å². The molecule has 0 aromatic heterocycles. The molecule has 0 N–H and O–H groups in total. The first-order valence-corrected chi connectivity index (χ1v) is 9.08. The van der Waals surface area contributed by atoms with E-state index >= 15 is 0 Å². The lowest BCUT2D eigenvalue weighted by molar-refractivity contribution is -0.386. The third-order valence-electron chi connectivity index (χ3n) is 4.05. The second-order valence-corrected chi connectivity index (χ2v) is 7.70. The van der Waals surface area contributed by atoms with Crippen molar-refractivity contribution in [2.24, 2.45) is 0 Å². The molecule has 0 heterocycles. The number of nitrogens with zero attached hydrogens (tertiary/aromatic N) is 2. The summed E-state index contributed by atoms with van der Waals surface area (Å²) >= 11 is 0. The molecule has 1 saturated carbocycles. The molecular formula is C14H19FN2O5S. The predicted octanol–water partition coefficient (Wildman–Crippen LogP) is 2.32. The van der Waals surface area contributed by atoms with Crippen molar-refractivity contribution in [2.75, 3.05) is 13.3 Å². The average molecular weight is 346 g/mol. The van der Waals surface area contributed by atoms with Crippen molar-refractivity contribution in [3.05, 3.63) is 34.1 Å². The van der Waals surface area contributed by atoms with E-state index < -0.39 is 32.9 Å². The second kappa shape index (κ2) is 6.79. The fraction of sp³-hybridized carbons (Fsp3) is 0.571. The highest BCUT2D eigenvalue weighted by molar-refractivity contribution is 7.88. The molecule has 7 nitrogen and oxygen atoms in total. The van der Waals surface area contributed by atoms with Crippen LogP contribution in [-0.4, -0.2) is 43.1 Å². The molecule has 0 radical (unpaired) electrons. The maximum atomic E-state index is 13.4. The minimum absolute atomic E-state index is 0.172. The van der Waals surface area contributed by atoms with Gasteiger partial charge in [0.05, 0.1) is 17.2 Å². The molecule has 2 rings (SSSR count). The van der Waals surface area contributed by atoms with Crippen LogP contribution in [0.5, 0.6) is 5.75 Å². The third kappa shape index (κ3) is 4.17. The molecule has 0 spiro atoms. The van der Waals surface area contributed by atoms with E-state index in [1.54, 1.807) is 0 Å². The Balaban J connectivity index is 2.30. The van der Waals surface area contributed by atoms with Crippen molar-refractivity contribution in [2.45, 2.75) is 37.8 Å². The Kier molecular flexibility index (Phi) is 5.20. The molecule has 2 unspecified atom stereocenters. The van der Waals surface area contributed by atoms with Crippen LogP contribution in [0.3, 0.4) is 0 Å². The number of benzene rings is 1. The third-order valence-corrected chi connectivity index (χ3v) is 5.37. The van der Waals surface area contributed by atoms with Crippen LogP contribution in [0.1, 0.15) is 25.7 Å². The van der Waals surface area contributed by atoms with Gasteiger partial charge in [-0.05, 0) is 25.3 Å². The van der Waals surface area contributed by atoms with Crippen LogP contribution in [0.15, 0.2) is 18.2 Å². The van der Waals surface area contributed by atoms with Gasteiger partial charge in [-0.2, -0.15) is 4.31 Å². The van der Waals surface area contributed by atoms with Crippen molar-refractivity contribution >= 4 is 15.7 Å². The Hall–Kier alpha value is -1.74. The smallest absolute Gasteiger partial charge is 0.311 e. The quantitative estimate of drug-likeness (QED) is 0.603. The van der Waals surface area contributed by atoms with Gasteiger partial charge in [-0.3, -0.25) is 10.1 Å². The van der Waals surface area contributed by atoms with Gasteiger partial charge in [-0.1, -0.05) is 6.42 Å². The summed E-state index contributed by atoms with van der Waals surface area (Å²) in [4.78, 5) is 10.4. The predicted molar refractivity (Wildman–Crippen MR) is 82.3 cm³/mol. The number of rotatable bonds is 5. The van der Waals surface area contributed by atoms with Gasteiger partial charge in [0, 0.05) is 19.2 Å². The molecule has 0 aliphatic heterocycles. The first kappa shape index (κ1) is 17.6. The van der Waals surface area contributed by atoms with Crippen LogP contribution < -0.4 is 4.74 Å². The topological polar surface area (TPSA) is 89.8 Å². The number of nitro benzene ring substituents is 1. The van der Waals surface area contributed by atoms with E-state index in [4.69, 9.17) is 4.74 Å². The Morgan fingerprint density at radius 1 is 1.35 bits per heavy atom. The van der Waals surface area contributed by atoms with Gasteiger partial charge >= 0.3 is 5.69 Å². The first-order valence-electron chi connectivity index (χ1n) is 7.23. The van der Waals surface area contributed by atoms with Crippen LogP contribution in [0, 0.1) is 15.9 Å². The zero-order valence-corrected chi connectivity index (χ0v) is 13.8. The Morgan fingerprint density at radius 2 is 2.00 bits per heavy atom. The maximum absolute atomic E-state index is 13.4. The van der Waals surface area contributed by atoms with Gasteiger partial charge in [0.1, 0.15) is 11.9 Å². The summed E-state index contributed by atoms with van der Waals surface area (Å²) in [5.74, 6) is -0.816. The largest absolute Gasteiger partial charge is 0.482 e. The monoisotopic (exact) mass is 346 g/mol. The maximum Gasteiger partial charge on any atom is 0.311 e. The number of likely N-dealkylation sites (N-methyl/N-ethyl adjacent to an activating group) is 1. The highest BCUT2D eigenvalue weighted by Gasteiger charge is 2.35. The fourth-order valence-corrected chi connectivity index (χ4v) is 3.51. The van der Waals surface area contributed by atoms with Crippen molar-refractivity contribution in [1.29, 1.82) is 0 Å². The SMILES string of the molecule is CN(C1CCCCC1Oc1cc(F)ccc1[N+](=O)[O-])S(C)(=O)=O. The normalized spacial score (nSPS) is 22.1. The highest BCUT2D eigenvalue weighted by Crippen LogP contribution is 2.33. The number of hydrogen-bond acceptors (Lipinski definition) is 5. The van der Waals surface area contributed by atoms with Gasteiger partial charge in [-0.15, -0.1) is 0 Å². The number of hydrogen-bond donors (Lipinski definition) is 0. The molecule has 1 aromatic carbocycles. The molecule has 1 fully saturated rings. The van der Waals surface area contributed by atoms with Gasteiger partial charge in [0.15, 0.2) is 5.75 Å². The Bertz CT molecular complexity index is 694. The van der Waals surface area contributed by atoms with Crippen LogP contribution in [0.25, 0.3) is 0 Å². The lowest BCUT2D eigenvalue weighted by Crippen LogP contribution is -2.48. The summed E-state index contributed by atoms with van der Waals surface area (Å²) in [6, 6.07) is 2.57. The van der Waals surface area contributed by atoms with E-state index in [1.165, 1.54) is 11.4 Å². The fourth-order valence-electron chi connectivity index (χ4n) is 2.77. The van der Waals surface area contributed by atoms with Crippen LogP contribution >= 0.6 is 0 Å². The molecule has 9 heteroatoms. The average Bonchev–Trinajstić information content (AvgIpc) is 2.46. The van der Waals surface area contributed by atoms with E-state index in [2.05, 4.69) is 0 Å². The van der Waals surface area contributed by atoms with Crippen LogP contribution in [0.4, 0.5) is 10.1 Å². The van der Waals surface area contributed by atoms with Crippen molar-refractivity contribution in [3.8, 4) is 5.75 Å². The summed E-state index contributed by atoms with van der Waals surface area (Å²) in [7, 11) is -1.96. The Morgan fingerprint density at radius 3 is 2.61 bits per heavy atom.